The Morgan fingerprint density at radius 3 is 2.79 bits per heavy atom. The van der Waals surface area contributed by atoms with E-state index in [-0.39, 0.29) is 11.4 Å². The highest BCUT2D eigenvalue weighted by molar-refractivity contribution is 5.84. The fraction of sp³-hybridized carbons (Fsp3) is 0. The highest BCUT2D eigenvalue weighted by Gasteiger charge is 2.16. The van der Waals surface area contributed by atoms with E-state index >= 15 is 0 Å². The molecule has 1 aromatic heterocycles. The van der Waals surface area contributed by atoms with E-state index in [0.29, 0.717) is 0 Å². The van der Waals surface area contributed by atoms with Crippen LogP contribution in [-0.2, 0) is 0 Å². The first-order chi connectivity index (χ1) is 8.97. The van der Waals surface area contributed by atoms with Crippen LogP contribution in [0, 0.1) is 15.9 Å². The minimum absolute atomic E-state index is 0.109. The summed E-state index contributed by atoms with van der Waals surface area (Å²) in [7, 11) is 0. The summed E-state index contributed by atoms with van der Waals surface area (Å²) in [6.45, 7) is 0. The number of aromatic nitrogens is 1. The number of hydrogen-bond donors (Lipinski definition) is 1. The van der Waals surface area contributed by atoms with Gasteiger partial charge in [-0.2, -0.15) is 9.37 Å². The molecule has 0 amide bonds. The Balaban J connectivity index is 2.21. The van der Waals surface area contributed by atoms with Gasteiger partial charge in [-0.1, -0.05) is 0 Å². The van der Waals surface area contributed by atoms with Gasteiger partial charge in [0.05, 0.1) is 4.92 Å². The van der Waals surface area contributed by atoms with E-state index in [1.807, 2.05) is 0 Å². The summed E-state index contributed by atoms with van der Waals surface area (Å²) in [5, 5.41) is 19.0. The molecule has 2 rings (SSSR count). The second kappa shape index (κ2) is 4.72. The van der Waals surface area contributed by atoms with E-state index in [2.05, 4.69) is 9.40 Å². The van der Waals surface area contributed by atoms with E-state index in [9.17, 15) is 19.3 Å². The van der Waals surface area contributed by atoms with Crippen molar-refractivity contribution in [3.63, 3.8) is 0 Å². The van der Waals surface area contributed by atoms with Gasteiger partial charge in [0.2, 0.25) is 5.82 Å². The Morgan fingerprint density at radius 1 is 1.53 bits per heavy atom. The van der Waals surface area contributed by atoms with Crippen LogP contribution in [-0.4, -0.2) is 21.0 Å². The van der Waals surface area contributed by atoms with Crippen molar-refractivity contribution in [2.45, 2.75) is 0 Å². The van der Waals surface area contributed by atoms with Crippen LogP contribution in [0.3, 0.4) is 0 Å². The zero-order valence-electron chi connectivity index (χ0n) is 9.07. The van der Waals surface area contributed by atoms with Gasteiger partial charge in [0.25, 0.3) is 0 Å². The Kier molecular flexibility index (Phi) is 3.10. The largest absolute Gasteiger partial charge is 0.476 e. The van der Waals surface area contributed by atoms with Gasteiger partial charge in [-0.15, -0.1) is 0 Å². The summed E-state index contributed by atoms with van der Waals surface area (Å²) in [4.78, 5) is 23.5. The van der Waals surface area contributed by atoms with Crippen molar-refractivity contribution in [2.75, 3.05) is 0 Å². The van der Waals surface area contributed by atoms with Gasteiger partial charge in [0.15, 0.2) is 5.69 Å². The quantitative estimate of drug-likeness (QED) is 0.667. The van der Waals surface area contributed by atoms with Gasteiger partial charge in [0.1, 0.15) is 12.0 Å². The number of benzene rings is 1. The second-order valence-electron chi connectivity index (χ2n) is 3.28. The molecule has 0 spiro atoms. The number of oxazole rings is 1. The third-order valence-electron chi connectivity index (χ3n) is 2.02. The molecule has 1 heterocycles. The van der Waals surface area contributed by atoms with E-state index in [0.717, 1.165) is 24.5 Å². The molecule has 0 aliphatic heterocycles. The zero-order valence-corrected chi connectivity index (χ0v) is 9.07. The third-order valence-corrected chi connectivity index (χ3v) is 2.02. The van der Waals surface area contributed by atoms with Crippen molar-refractivity contribution >= 4 is 11.7 Å². The lowest BCUT2D eigenvalue weighted by Gasteiger charge is -2.00. The molecule has 9 heteroatoms. The zero-order chi connectivity index (χ0) is 14.0. The van der Waals surface area contributed by atoms with Crippen LogP contribution in [0.4, 0.5) is 10.1 Å². The van der Waals surface area contributed by atoms with Crippen molar-refractivity contribution in [3.05, 3.63) is 46.1 Å². The number of ether oxygens (including phenoxy) is 1. The number of nitrogens with zero attached hydrogens (tertiary/aromatic N) is 2. The van der Waals surface area contributed by atoms with Crippen molar-refractivity contribution in [1.29, 1.82) is 0 Å². The molecule has 0 aliphatic rings. The molecular formula is C10H5FN2O6. The van der Waals surface area contributed by atoms with Crippen LogP contribution in [0.1, 0.15) is 10.5 Å². The van der Waals surface area contributed by atoms with Gasteiger partial charge in [0, 0.05) is 12.1 Å². The predicted octanol–water partition coefficient (Wildman–Crippen LogP) is 2.21. The number of carbonyl (C=O) groups is 1. The Morgan fingerprint density at radius 2 is 2.26 bits per heavy atom. The first-order valence-electron chi connectivity index (χ1n) is 4.78. The van der Waals surface area contributed by atoms with Gasteiger partial charge in [-0.3, -0.25) is 10.1 Å². The Labute approximate surface area is 104 Å². The van der Waals surface area contributed by atoms with Crippen LogP contribution in [0.5, 0.6) is 11.8 Å². The Hall–Kier alpha value is -2.97. The lowest BCUT2D eigenvalue weighted by Crippen LogP contribution is -1.96. The molecule has 0 fully saturated rings. The summed E-state index contributed by atoms with van der Waals surface area (Å²) >= 11 is 0. The summed E-state index contributed by atoms with van der Waals surface area (Å²) in [5.41, 5.74) is -1.08. The number of nitro benzene ring substituents is 1. The molecule has 8 nitrogen and oxygen atoms in total. The molecule has 0 atom stereocenters. The monoisotopic (exact) mass is 268 g/mol. The van der Waals surface area contributed by atoms with Crippen LogP contribution in [0.15, 0.2) is 28.9 Å². The molecule has 0 unspecified atom stereocenters. The molecule has 98 valence electrons. The smallest absolute Gasteiger partial charge is 0.399 e. The number of carboxylic acids is 1. The number of carboxylic acid groups (broad SMARTS) is 1. The predicted molar refractivity (Wildman–Crippen MR) is 56.6 cm³/mol. The van der Waals surface area contributed by atoms with Gasteiger partial charge in [-0.05, 0) is 6.07 Å². The standard InChI is InChI=1S/C10H5FN2O6/c11-6-3-5(1-2-8(6)13(16)17)19-10-12-7(4-18-10)9(14)15/h1-4H,(H,14,15). The molecule has 0 saturated carbocycles. The van der Waals surface area contributed by atoms with Gasteiger partial charge >= 0.3 is 17.7 Å². The molecule has 2 aromatic rings. The fourth-order valence-corrected chi connectivity index (χ4v) is 1.20. The van der Waals surface area contributed by atoms with Crippen molar-refractivity contribution in [2.24, 2.45) is 0 Å². The lowest BCUT2D eigenvalue weighted by atomic mass is 10.3. The molecule has 19 heavy (non-hydrogen) atoms. The topological polar surface area (TPSA) is 116 Å². The highest BCUT2D eigenvalue weighted by Crippen LogP contribution is 2.26. The number of nitro groups is 1. The van der Waals surface area contributed by atoms with Gasteiger partial charge in [-0.25, -0.2) is 4.79 Å². The van der Waals surface area contributed by atoms with E-state index in [4.69, 9.17) is 9.84 Å². The molecule has 0 aliphatic carbocycles. The maximum atomic E-state index is 13.3. The summed E-state index contributed by atoms with van der Waals surface area (Å²) in [5.74, 6) is -2.51. The van der Waals surface area contributed by atoms with E-state index in [1.54, 1.807) is 0 Å². The van der Waals surface area contributed by atoms with Gasteiger partial charge < -0.3 is 14.3 Å². The van der Waals surface area contributed by atoms with Crippen molar-refractivity contribution in [3.8, 4) is 11.8 Å². The lowest BCUT2D eigenvalue weighted by molar-refractivity contribution is -0.387. The molecule has 0 radical (unpaired) electrons. The number of hydrogen-bond acceptors (Lipinski definition) is 6. The SMILES string of the molecule is O=C(O)c1coc(Oc2ccc([N+](=O)[O-])c(F)c2)n1. The average Bonchev–Trinajstić information content (AvgIpc) is 2.77. The van der Waals surface area contributed by atoms with E-state index < -0.39 is 28.5 Å². The maximum Gasteiger partial charge on any atom is 0.399 e. The molecule has 1 N–H and O–H groups in total. The van der Waals surface area contributed by atoms with E-state index in [1.165, 1.54) is 0 Å². The molecule has 0 saturated heterocycles. The summed E-state index contributed by atoms with van der Waals surface area (Å²) in [6.07, 6.45) is 0.435. The normalized spacial score (nSPS) is 10.2. The average molecular weight is 268 g/mol. The molecule has 1 aromatic carbocycles. The second-order valence-corrected chi connectivity index (χ2v) is 3.28. The fourth-order valence-electron chi connectivity index (χ4n) is 1.20. The summed E-state index contributed by atoms with van der Waals surface area (Å²) < 4.78 is 22.9. The van der Waals surface area contributed by atoms with Crippen LogP contribution in [0.2, 0.25) is 0 Å². The number of rotatable bonds is 4. The van der Waals surface area contributed by atoms with Crippen LogP contribution in [0.25, 0.3) is 0 Å². The first-order valence-corrected chi connectivity index (χ1v) is 4.78. The minimum Gasteiger partial charge on any atom is -0.476 e. The highest BCUT2D eigenvalue weighted by atomic mass is 19.1. The maximum absolute atomic E-state index is 13.3. The number of halogens is 1. The minimum atomic E-state index is -1.31. The number of aromatic carboxylic acids is 1. The Bertz CT molecular complexity index is 653. The van der Waals surface area contributed by atoms with Crippen molar-refractivity contribution in [1.82, 2.24) is 4.98 Å². The molecule has 0 bridgehead atoms. The summed E-state index contributed by atoms with van der Waals surface area (Å²) in [6, 6.07) is 2.81. The van der Waals surface area contributed by atoms with Crippen molar-refractivity contribution < 1.29 is 28.4 Å². The van der Waals surface area contributed by atoms with Crippen LogP contribution < -0.4 is 4.74 Å². The molecular weight excluding hydrogens is 263 g/mol. The first kappa shape index (κ1) is 12.5. The third kappa shape index (κ3) is 2.65. The van der Waals surface area contributed by atoms with Crippen LogP contribution >= 0.6 is 0 Å².